The number of aromatic nitrogens is 2. The van der Waals surface area contributed by atoms with Gasteiger partial charge < -0.3 is 10.6 Å². The van der Waals surface area contributed by atoms with Crippen LogP contribution in [0.1, 0.15) is 26.0 Å². The molecule has 0 unspecified atom stereocenters. The summed E-state index contributed by atoms with van der Waals surface area (Å²) in [6, 6.07) is 2.05. The number of rotatable bonds is 8. The van der Waals surface area contributed by atoms with Crippen LogP contribution in [0.4, 0.5) is 0 Å². The summed E-state index contributed by atoms with van der Waals surface area (Å²) >= 11 is 0. The Balaban J connectivity index is 2.45. The molecule has 0 saturated heterocycles. The second kappa shape index (κ2) is 7.16. The van der Waals surface area contributed by atoms with Crippen molar-refractivity contribution in [3.8, 4) is 0 Å². The minimum Gasteiger partial charge on any atom is -0.388 e. The van der Waals surface area contributed by atoms with Gasteiger partial charge in [-0.3, -0.25) is 10.1 Å². The zero-order chi connectivity index (χ0) is 13.5. The average Bonchev–Trinajstić information content (AvgIpc) is 2.67. The van der Waals surface area contributed by atoms with E-state index in [0.29, 0.717) is 12.3 Å². The fraction of sp³-hybridized carbons (Fsp3) is 0.692. The molecule has 5 heteroatoms. The van der Waals surface area contributed by atoms with Gasteiger partial charge in [-0.15, -0.1) is 0 Å². The number of hydrogen-bond donors (Lipinski definition) is 2. The summed E-state index contributed by atoms with van der Waals surface area (Å²) in [4.78, 5) is 2.37. The van der Waals surface area contributed by atoms with Crippen LogP contribution < -0.4 is 5.73 Å². The van der Waals surface area contributed by atoms with E-state index < -0.39 is 0 Å². The van der Waals surface area contributed by atoms with Gasteiger partial charge in [0.25, 0.3) is 0 Å². The lowest BCUT2D eigenvalue weighted by atomic mass is 10.2. The summed E-state index contributed by atoms with van der Waals surface area (Å²) in [5.74, 6) is 0.896. The van der Waals surface area contributed by atoms with Crippen molar-refractivity contribution >= 4 is 5.84 Å². The highest BCUT2D eigenvalue weighted by molar-refractivity contribution is 5.76. The van der Waals surface area contributed by atoms with E-state index in [2.05, 4.69) is 29.9 Å². The van der Waals surface area contributed by atoms with E-state index in [0.717, 1.165) is 26.1 Å². The summed E-state index contributed by atoms with van der Waals surface area (Å²) in [5, 5.41) is 11.5. The normalized spacial score (nSPS) is 11.4. The molecule has 0 atom stereocenters. The molecule has 0 fully saturated rings. The van der Waals surface area contributed by atoms with Gasteiger partial charge in [-0.05, 0) is 12.0 Å². The Morgan fingerprint density at radius 3 is 2.72 bits per heavy atom. The first-order chi connectivity index (χ1) is 8.49. The van der Waals surface area contributed by atoms with Crippen molar-refractivity contribution in [2.24, 2.45) is 18.7 Å². The van der Waals surface area contributed by atoms with Gasteiger partial charge in [0, 0.05) is 51.4 Å². The van der Waals surface area contributed by atoms with Crippen LogP contribution in [0.3, 0.4) is 0 Å². The van der Waals surface area contributed by atoms with Gasteiger partial charge in [0.1, 0.15) is 0 Å². The Kier molecular flexibility index (Phi) is 5.85. The predicted octanol–water partition coefficient (Wildman–Crippen LogP) is 1.25. The van der Waals surface area contributed by atoms with Crippen molar-refractivity contribution < 1.29 is 0 Å². The van der Waals surface area contributed by atoms with Crippen LogP contribution in [0.5, 0.6) is 0 Å². The van der Waals surface area contributed by atoms with Crippen LogP contribution in [-0.2, 0) is 13.5 Å². The molecule has 5 nitrogen and oxygen atoms in total. The van der Waals surface area contributed by atoms with Crippen molar-refractivity contribution in [2.75, 3.05) is 19.6 Å². The van der Waals surface area contributed by atoms with E-state index >= 15 is 0 Å². The Hall–Kier alpha value is -1.36. The molecule has 3 N–H and O–H groups in total. The minimum absolute atomic E-state index is 0.268. The summed E-state index contributed by atoms with van der Waals surface area (Å²) in [6.07, 6.45) is 3.47. The molecule has 1 heterocycles. The van der Waals surface area contributed by atoms with Crippen molar-refractivity contribution in [1.29, 1.82) is 5.41 Å². The lowest BCUT2D eigenvalue weighted by Gasteiger charge is -2.24. The maximum absolute atomic E-state index is 7.31. The number of aryl methyl sites for hydroxylation is 1. The van der Waals surface area contributed by atoms with Crippen LogP contribution in [0.15, 0.2) is 12.3 Å². The monoisotopic (exact) mass is 251 g/mol. The van der Waals surface area contributed by atoms with Crippen LogP contribution in [-0.4, -0.2) is 40.2 Å². The molecule has 1 aromatic rings. The Bertz CT molecular complexity index is 369. The third kappa shape index (κ3) is 5.31. The molecule has 0 aliphatic rings. The van der Waals surface area contributed by atoms with E-state index in [9.17, 15) is 0 Å². The van der Waals surface area contributed by atoms with Crippen LogP contribution >= 0.6 is 0 Å². The van der Waals surface area contributed by atoms with E-state index in [1.54, 1.807) is 0 Å². The molecule has 0 aliphatic heterocycles. The molecule has 1 rings (SSSR count). The molecule has 0 bridgehead atoms. The molecular weight excluding hydrogens is 226 g/mol. The predicted molar refractivity (Wildman–Crippen MR) is 74.7 cm³/mol. The highest BCUT2D eigenvalue weighted by Crippen LogP contribution is 2.04. The molecule has 18 heavy (non-hydrogen) atoms. The molecule has 102 valence electrons. The van der Waals surface area contributed by atoms with E-state index in [1.807, 2.05) is 17.9 Å². The standard InChI is InChI=1S/C13H25N5/c1-11(2)10-18(9-6-13(14)15)8-5-12-4-7-16-17(12)3/h4,7,11H,5-6,8-10H2,1-3H3,(H3,14,15). The van der Waals surface area contributed by atoms with Crippen LogP contribution in [0.25, 0.3) is 0 Å². The Labute approximate surface area is 109 Å². The fourth-order valence-corrected chi connectivity index (χ4v) is 2.01. The van der Waals surface area contributed by atoms with Gasteiger partial charge in [0.05, 0.1) is 5.84 Å². The fourth-order valence-electron chi connectivity index (χ4n) is 2.01. The second-order valence-corrected chi connectivity index (χ2v) is 5.17. The van der Waals surface area contributed by atoms with Gasteiger partial charge in [-0.1, -0.05) is 13.8 Å². The van der Waals surface area contributed by atoms with Gasteiger partial charge in [-0.2, -0.15) is 5.10 Å². The van der Waals surface area contributed by atoms with Gasteiger partial charge in [0.15, 0.2) is 0 Å². The maximum Gasteiger partial charge on any atom is 0.0918 e. The zero-order valence-electron chi connectivity index (χ0n) is 11.7. The first-order valence-corrected chi connectivity index (χ1v) is 6.51. The van der Waals surface area contributed by atoms with Crippen LogP contribution in [0.2, 0.25) is 0 Å². The lowest BCUT2D eigenvalue weighted by molar-refractivity contribution is 0.251. The summed E-state index contributed by atoms with van der Waals surface area (Å²) in [5.41, 5.74) is 6.67. The molecule has 0 spiro atoms. The maximum atomic E-state index is 7.31. The smallest absolute Gasteiger partial charge is 0.0918 e. The minimum atomic E-state index is 0.268. The Morgan fingerprint density at radius 2 is 2.22 bits per heavy atom. The summed E-state index contributed by atoms with van der Waals surface area (Å²) in [6.45, 7) is 7.33. The van der Waals surface area contributed by atoms with Gasteiger partial charge >= 0.3 is 0 Å². The first-order valence-electron chi connectivity index (χ1n) is 6.51. The van der Waals surface area contributed by atoms with Crippen molar-refractivity contribution in [3.63, 3.8) is 0 Å². The molecule has 0 amide bonds. The average molecular weight is 251 g/mol. The number of nitrogens with one attached hydrogen (secondary N) is 1. The lowest BCUT2D eigenvalue weighted by Crippen LogP contribution is -2.33. The highest BCUT2D eigenvalue weighted by Gasteiger charge is 2.09. The van der Waals surface area contributed by atoms with Crippen molar-refractivity contribution in [2.45, 2.75) is 26.7 Å². The molecular formula is C13H25N5. The van der Waals surface area contributed by atoms with E-state index in [1.165, 1.54) is 5.69 Å². The highest BCUT2D eigenvalue weighted by atomic mass is 15.3. The largest absolute Gasteiger partial charge is 0.388 e. The van der Waals surface area contributed by atoms with Crippen LogP contribution in [0, 0.1) is 11.3 Å². The quantitative estimate of drug-likeness (QED) is 0.539. The zero-order valence-corrected chi connectivity index (χ0v) is 11.7. The number of nitrogens with two attached hydrogens (primary N) is 1. The molecule has 0 radical (unpaired) electrons. The van der Waals surface area contributed by atoms with E-state index in [4.69, 9.17) is 11.1 Å². The molecule has 0 aromatic carbocycles. The van der Waals surface area contributed by atoms with Crippen molar-refractivity contribution in [3.05, 3.63) is 18.0 Å². The SMILES string of the molecule is CC(C)CN(CCC(=N)N)CCc1ccnn1C. The molecule has 1 aromatic heterocycles. The van der Waals surface area contributed by atoms with E-state index in [-0.39, 0.29) is 5.84 Å². The van der Waals surface area contributed by atoms with Gasteiger partial charge in [0.2, 0.25) is 0 Å². The number of nitrogens with zero attached hydrogens (tertiary/aromatic N) is 3. The summed E-state index contributed by atoms with van der Waals surface area (Å²) < 4.78 is 1.92. The third-order valence-corrected chi connectivity index (χ3v) is 2.93. The second-order valence-electron chi connectivity index (χ2n) is 5.17. The Morgan fingerprint density at radius 1 is 1.50 bits per heavy atom. The first kappa shape index (κ1) is 14.7. The van der Waals surface area contributed by atoms with Gasteiger partial charge in [-0.25, -0.2) is 0 Å². The summed E-state index contributed by atoms with van der Waals surface area (Å²) in [7, 11) is 1.97. The molecule has 0 saturated carbocycles. The van der Waals surface area contributed by atoms with Crippen molar-refractivity contribution in [1.82, 2.24) is 14.7 Å². The number of hydrogen-bond acceptors (Lipinski definition) is 3. The molecule has 0 aliphatic carbocycles. The topological polar surface area (TPSA) is 70.9 Å². The number of amidine groups is 1. The third-order valence-electron chi connectivity index (χ3n) is 2.93.